The summed E-state index contributed by atoms with van der Waals surface area (Å²) in [6.45, 7) is 7.59. The van der Waals surface area contributed by atoms with Crippen LogP contribution in [-0.2, 0) is 9.59 Å². The molecule has 1 amide bonds. The summed E-state index contributed by atoms with van der Waals surface area (Å²) >= 11 is 0. The fourth-order valence-corrected chi connectivity index (χ4v) is 2.99. The zero-order valence-electron chi connectivity index (χ0n) is 13.8. The number of hydrogen-bond donors (Lipinski definition) is 2. The first kappa shape index (κ1) is 18.0. The highest BCUT2D eigenvalue weighted by Gasteiger charge is 2.33. The van der Waals surface area contributed by atoms with Crippen LogP contribution in [0.3, 0.4) is 0 Å². The van der Waals surface area contributed by atoms with E-state index in [9.17, 15) is 14.7 Å². The maximum absolute atomic E-state index is 12.5. The van der Waals surface area contributed by atoms with E-state index >= 15 is 0 Å². The number of carboxylic acids is 1. The number of nitrogens with zero attached hydrogens (tertiary/aromatic N) is 1. The number of rotatable bonds is 7. The first-order chi connectivity index (χ1) is 9.81. The van der Waals surface area contributed by atoms with Gasteiger partial charge in [0.2, 0.25) is 5.91 Å². The summed E-state index contributed by atoms with van der Waals surface area (Å²) in [5.41, 5.74) is -1.04. The van der Waals surface area contributed by atoms with Crippen molar-refractivity contribution >= 4 is 11.9 Å². The Hall–Kier alpha value is -1.10. The van der Waals surface area contributed by atoms with Gasteiger partial charge in [-0.2, -0.15) is 0 Å². The normalized spacial score (nSPS) is 19.3. The Bertz CT molecular complexity index is 365. The second-order valence-corrected chi connectivity index (χ2v) is 6.53. The number of hydrogen-bond acceptors (Lipinski definition) is 3. The highest BCUT2D eigenvalue weighted by molar-refractivity contribution is 5.82. The predicted octanol–water partition coefficient (Wildman–Crippen LogP) is 2.40. The average molecular weight is 298 g/mol. The Morgan fingerprint density at radius 2 is 1.86 bits per heavy atom. The molecule has 0 aromatic heterocycles. The summed E-state index contributed by atoms with van der Waals surface area (Å²) in [5, 5.41) is 12.2. The van der Waals surface area contributed by atoms with Crippen LogP contribution in [0.1, 0.15) is 66.2 Å². The number of nitrogens with one attached hydrogen (secondary N) is 1. The Morgan fingerprint density at radius 3 is 2.29 bits per heavy atom. The third-order valence-corrected chi connectivity index (χ3v) is 4.62. The van der Waals surface area contributed by atoms with Crippen molar-refractivity contribution in [1.82, 2.24) is 10.2 Å². The minimum absolute atomic E-state index is 0.0119. The lowest BCUT2D eigenvalue weighted by Gasteiger charge is -2.38. The van der Waals surface area contributed by atoms with Crippen LogP contribution < -0.4 is 5.32 Å². The lowest BCUT2D eigenvalue weighted by molar-refractivity contribution is -0.145. The van der Waals surface area contributed by atoms with Crippen LogP contribution in [0.4, 0.5) is 0 Å². The quantitative estimate of drug-likeness (QED) is 0.757. The van der Waals surface area contributed by atoms with E-state index in [-0.39, 0.29) is 18.5 Å². The van der Waals surface area contributed by atoms with Crippen LogP contribution >= 0.6 is 0 Å². The number of amides is 1. The summed E-state index contributed by atoms with van der Waals surface area (Å²) in [6, 6.07) is 0.464. The number of carbonyl (C=O) groups is 2. The molecule has 2 N–H and O–H groups in total. The topological polar surface area (TPSA) is 69.6 Å². The fraction of sp³-hybridized carbons (Fsp3) is 0.875. The molecule has 0 aromatic carbocycles. The fourth-order valence-electron chi connectivity index (χ4n) is 2.99. The molecule has 0 radical (unpaired) electrons. The maximum Gasteiger partial charge on any atom is 0.323 e. The predicted molar refractivity (Wildman–Crippen MR) is 83.2 cm³/mol. The molecule has 5 heteroatoms. The van der Waals surface area contributed by atoms with Crippen LogP contribution in [0.15, 0.2) is 0 Å². The molecule has 5 nitrogen and oxygen atoms in total. The third-order valence-electron chi connectivity index (χ3n) is 4.62. The van der Waals surface area contributed by atoms with E-state index < -0.39 is 11.5 Å². The third kappa shape index (κ3) is 4.70. The monoisotopic (exact) mass is 298 g/mol. The minimum Gasteiger partial charge on any atom is -0.480 e. The Balaban J connectivity index is 2.67. The van der Waals surface area contributed by atoms with Gasteiger partial charge in [-0.1, -0.05) is 26.2 Å². The van der Waals surface area contributed by atoms with Crippen molar-refractivity contribution in [3.63, 3.8) is 0 Å². The van der Waals surface area contributed by atoms with Gasteiger partial charge in [0.25, 0.3) is 0 Å². The van der Waals surface area contributed by atoms with Crippen LogP contribution in [0.5, 0.6) is 0 Å². The standard InChI is InChI=1S/C16H30N2O3/c1-5-16(4,15(20)21)17-11-14(19)18(12(2)3)13-9-7-6-8-10-13/h12-13,17H,5-11H2,1-4H3,(H,20,21). The van der Waals surface area contributed by atoms with Crippen LogP contribution in [0, 0.1) is 0 Å². The summed E-state index contributed by atoms with van der Waals surface area (Å²) < 4.78 is 0. The summed E-state index contributed by atoms with van der Waals surface area (Å²) in [4.78, 5) is 25.8. The number of carbonyl (C=O) groups excluding carboxylic acids is 1. The van der Waals surface area contributed by atoms with Gasteiger partial charge < -0.3 is 10.0 Å². The van der Waals surface area contributed by atoms with E-state index in [1.165, 1.54) is 19.3 Å². The van der Waals surface area contributed by atoms with E-state index in [0.29, 0.717) is 12.5 Å². The van der Waals surface area contributed by atoms with Gasteiger partial charge in [-0.25, -0.2) is 0 Å². The average Bonchev–Trinajstić information content (AvgIpc) is 2.45. The van der Waals surface area contributed by atoms with Crippen LogP contribution in [-0.4, -0.2) is 46.1 Å². The molecule has 1 fully saturated rings. The van der Waals surface area contributed by atoms with E-state index in [1.807, 2.05) is 25.7 Å². The zero-order valence-corrected chi connectivity index (χ0v) is 13.8. The molecule has 0 bridgehead atoms. The first-order valence-corrected chi connectivity index (χ1v) is 8.11. The molecule has 1 atom stereocenters. The van der Waals surface area contributed by atoms with Crippen molar-refractivity contribution in [2.45, 2.75) is 83.8 Å². The van der Waals surface area contributed by atoms with Crippen LogP contribution in [0.25, 0.3) is 0 Å². The lowest BCUT2D eigenvalue weighted by atomic mass is 9.93. The van der Waals surface area contributed by atoms with Crippen molar-refractivity contribution in [3.05, 3.63) is 0 Å². The van der Waals surface area contributed by atoms with Crippen molar-refractivity contribution in [3.8, 4) is 0 Å². The molecule has 0 saturated heterocycles. The number of carboxylic acid groups (broad SMARTS) is 1. The molecule has 1 rings (SSSR count). The summed E-state index contributed by atoms with van der Waals surface area (Å²) in [6.07, 6.45) is 6.18. The molecular weight excluding hydrogens is 268 g/mol. The first-order valence-electron chi connectivity index (χ1n) is 8.11. The molecular formula is C16H30N2O3. The molecule has 1 aliphatic rings. The van der Waals surface area contributed by atoms with Gasteiger partial charge in [0.05, 0.1) is 6.54 Å². The highest BCUT2D eigenvalue weighted by Crippen LogP contribution is 2.24. The summed E-state index contributed by atoms with van der Waals surface area (Å²) in [7, 11) is 0. The SMILES string of the molecule is CCC(C)(NCC(=O)N(C(C)C)C1CCCCC1)C(=O)O. The van der Waals surface area contributed by atoms with Crippen molar-refractivity contribution in [2.24, 2.45) is 0 Å². The highest BCUT2D eigenvalue weighted by atomic mass is 16.4. The van der Waals surface area contributed by atoms with E-state index in [1.54, 1.807) is 6.92 Å². The summed E-state index contributed by atoms with van der Waals surface area (Å²) in [5.74, 6) is -0.899. The molecule has 1 unspecified atom stereocenters. The second-order valence-electron chi connectivity index (χ2n) is 6.53. The van der Waals surface area contributed by atoms with Gasteiger partial charge >= 0.3 is 5.97 Å². The molecule has 1 saturated carbocycles. The van der Waals surface area contributed by atoms with Gasteiger partial charge in [-0.3, -0.25) is 14.9 Å². The minimum atomic E-state index is -1.04. The molecule has 0 spiro atoms. The van der Waals surface area contributed by atoms with E-state index in [2.05, 4.69) is 5.32 Å². The maximum atomic E-state index is 12.5. The molecule has 21 heavy (non-hydrogen) atoms. The zero-order chi connectivity index (χ0) is 16.0. The molecule has 0 heterocycles. The van der Waals surface area contributed by atoms with Gasteiger partial charge in [0.15, 0.2) is 0 Å². The van der Waals surface area contributed by atoms with Gasteiger partial charge in [0, 0.05) is 12.1 Å². The van der Waals surface area contributed by atoms with Gasteiger partial charge in [0.1, 0.15) is 5.54 Å². The molecule has 0 aromatic rings. The van der Waals surface area contributed by atoms with Crippen LogP contribution in [0.2, 0.25) is 0 Å². The van der Waals surface area contributed by atoms with Crippen molar-refractivity contribution in [2.75, 3.05) is 6.54 Å². The smallest absolute Gasteiger partial charge is 0.323 e. The van der Waals surface area contributed by atoms with Crippen molar-refractivity contribution in [1.29, 1.82) is 0 Å². The Labute approximate surface area is 128 Å². The van der Waals surface area contributed by atoms with E-state index in [0.717, 1.165) is 12.8 Å². The van der Waals surface area contributed by atoms with Gasteiger partial charge in [-0.05, 0) is 40.0 Å². The van der Waals surface area contributed by atoms with Crippen molar-refractivity contribution < 1.29 is 14.7 Å². The Kier molecular flexibility index (Phi) is 6.65. The molecule has 0 aliphatic heterocycles. The Morgan fingerprint density at radius 1 is 1.29 bits per heavy atom. The largest absolute Gasteiger partial charge is 0.480 e. The lowest BCUT2D eigenvalue weighted by Crippen LogP contribution is -2.55. The second kappa shape index (κ2) is 7.78. The van der Waals surface area contributed by atoms with E-state index in [4.69, 9.17) is 0 Å². The molecule has 1 aliphatic carbocycles. The number of aliphatic carboxylic acids is 1. The molecule has 122 valence electrons. The van der Waals surface area contributed by atoms with Gasteiger partial charge in [-0.15, -0.1) is 0 Å².